The number of carbonyl (C=O) groups is 9. The normalized spacial score (nSPS) is 17.6. The van der Waals surface area contributed by atoms with Crippen molar-refractivity contribution < 1.29 is 57.7 Å². The number of amides is 8. The minimum absolute atomic E-state index is 0.0146. The first kappa shape index (κ1) is 54.9. The van der Waals surface area contributed by atoms with Crippen molar-refractivity contribution in [2.24, 2.45) is 17.8 Å². The number of carboxylic acid groups (broad SMARTS) is 1. The van der Waals surface area contributed by atoms with E-state index < -0.39 is 102 Å². The van der Waals surface area contributed by atoms with E-state index in [4.69, 9.17) is 9.47 Å². The van der Waals surface area contributed by atoms with Crippen molar-refractivity contribution in [3.05, 3.63) is 84.5 Å². The van der Waals surface area contributed by atoms with Gasteiger partial charge in [-0.15, -0.1) is 0 Å². The number of nitrogens with one attached hydrogen (secondary N) is 3. The number of imide groups is 1. The van der Waals surface area contributed by atoms with Crippen LogP contribution in [-0.4, -0.2) is 151 Å². The zero-order valence-electron chi connectivity index (χ0n) is 40.9. The number of likely N-dealkylation sites (tertiary alicyclic amines) is 1. The van der Waals surface area contributed by atoms with Gasteiger partial charge >= 0.3 is 5.97 Å². The maximum Gasteiger partial charge on any atom is 0.326 e. The SMILES string of the molecule is C=CC(=O)Nc1cc(C(=O)N(C)C(C(=O)NCC(=O)N(C)C(C(C)CC)C(CC(=O)N2CCCC2C(OC)C(C)C(=O)NC(Cc2ccccc2)C(=O)O)OC)C(C)C)cc(N2C(=O)C=CC2=O)c1. The molecule has 8 atom stereocenters. The van der Waals surface area contributed by atoms with E-state index in [9.17, 15) is 48.3 Å². The highest BCUT2D eigenvalue weighted by Crippen LogP contribution is 2.30. The maximum absolute atomic E-state index is 14.2. The Hall–Kier alpha value is -6.73. The summed E-state index contributed by atoms with van der Waals surface area (Å²) in [6.45, 7) is 12.3. The highest BCUT2D eigenvalue weighted by Gasteiger charge is 2.43. The van der Waals surface area contributed by atoms with Crippen LogP contribution in [0.15, 0.2) is 73.3 Å². The van der Waals surface area contributed by atoms with E-state index in [0.29, 0.717) is 25.8 Å². The Morgan fingerprint density at radius 1 is 0.913 bits per heavy atom. The van der Waals surface area contributed by atoms with Gasteiger partial charge in [0, 0.05) is 64.7 Å². The molecule has 0 aromatic heterocycles. The molecule has 374 valence electrons. The molecule has 8 unspecified atom stereocenters. The molecule has 0 radical (unpaired) electrons. The van der Waals surface area contributed by atoms with Crippen molar-refractivity contribution in [2.45, 2.75) is 103 Å². The molecule has 2 aromatic rings. The van der Waals surface area contributed by atoms with Crippen LogP contribution in [0.25, 0.3) is 0 Å². The van der Waals surface area contributed by atoms with Crippen LogP contribution < -0.4 is 20.9 Å². The summed E-state index contributed by atoms with van der Waals surface area (Å²) in [6.07, 6.45) is 3.35. The Labute approximate surface area is 403 Å². The standard InChI is InChI=1S/C50H67N7O12/c1-11-30(5)45(38(68-9)27-42(61)56-22-16-19-37(56)46(69-10)31(6)47(63)53-36(50(66)67)23-32-17-14-13-15-18-32)54(7)43(62)28-51-48(64)44(29(3)4)55(8)49(65)33-24-34(52-39(58)12-2)26-35(25-33)57-40(59)20-21-41(57)60/h12-15,17-18,20-21,24-26,29-31,36-38,44-46H,2,11,16,19,22-23,27-28H2,1,3-10H3,(H,51,64)(H,52,58)(H,53,63)(H,66,67). The summed E-state index contributed by atoms with van der Waals surface area (Å²) in [5, 5.41) is 17.8. The number of hydrogen-bond donors (Lipinski definition) is 4. The maximum atomic E-state index is 14.2. The minimum atomic E-state index is -1.18. The molecule has 0 saturated carbocycles. The molecule has 2 heterocycles. The first-order valence-corrected chi connectivity index (χ1v) is 23.1. The molecule has 1 fully saturated rings. The molecular formula is C50H67N7O12. The summed E-state index contributed by atoms with van der Waals surface area (Å²) in [5.41, 5.74) is 0.805. The molecule has 2 aromatic carbocycles. The van der Waals surface area contributed by atoms with E-state index in [0.717, 1.165) is 28.7 Å². The third kappa shape index (κ3) is 13.7. The number of rotatable bonds is 24. The van der Waals surface area contributed by atoms with Gasteiger partial charge in [-0.25, -0.2) is 9.69 Å². The summed E-state index contributed by atoms with van der Waals surface area (Å²) < 4.78 is 11.8. The van der Waals surface area contributed by atoms with Gasteiger partial charge in [0.2, 0.25) is 29.5 Å². The number of ether oxygens (including phenoxy) is 2. The van der Waals surface area contributed by atoms with Crippen molar-refractivity contribution in [2.75, 3.05) is 51.6 Å². The first-order valence-electron chi connectivity index (χ1n) is 23.1. The second-order valence-corrected chi connectivity index (χ2v) is 17.9. The quantitative estimate of drug-likeness (QED) is 0.0877. The average molecular weight is 958 g/mol. The first-order chi connectivity index (χ1) is 32.7. The highest BCUT2D eigenvalue weighted by atomic mass is 16.5. The number of benzene rings is 2. The topological polar surface area (TPSA) is 241 Å². The lowest BCUT2D eigenvalue weighted by Crippen LogP contribution is -2.56. The van der Waals surface area contributed by atoms with E-state index >= 15 is 0 Å². The van der Waals surface area contributed by atoms with Gasteiger partial charge in [-0.1, -0.05) is 78.0 Å². The van der Waals surface area contributed by atoms with Crippen LogP contribution in [0.5, 0.6) is 0 Å². The van der Waals surface area contributed by atoms with Gasteiger partial charge in [-0.2, -0.15) is 0 Å². The zero-order valence-corrected chi connectivity index (χ0v) is 40.9. The van der Waals surface area contributed by atoms with Gasteiger partial charge in [-0.05, 0) is 54.5 Å². The van der Waals surface area contributed by atoms with Gasteiger partial charge in [0.25, 0.3) is 17.7 Å². The number of nitrogens with zero attached hydrogens (tertiary/aromatic N) is 4. The predicted octanol–water partition coefficient (Wildman–Crippen LogP) is 3.19. The second-order valence-electron chi connectivity index (χ2n) is 17.9. The van der Waals surface area contributed by atoms with Crippen LogP contribution in [-0.2, 0) is 54.3 Å². The molecule has 4 N–H and O–H groups in total. The third-order valence-corrected chi connectivity index (χ3v) is 12.9. The smallest absolute Gasteiger partial charge is 0.326 e. The fourth-order valence-corrected chi connectivity index (χ4v) is 9.11. The van der Waals surface area contributed by atoms with E-state index in [1.807, 2.05) is 19.9 Å². The van der Waals surface area contributed by atoms with Crippen molar-refractivity contribution in [1.82, 2.24) is 25.3 Å². The van der Waals surface area contributed by atoms with Crippen LogP contribution in [0.4, 0.5) is 11.4 Å². The van der Waals surface area contributed by atoms with Gasteiger partial charge in [0.15, 0.2) is 0 Å². The molecule has 2 aliphatic rings. The van der Waals surface area contributed by atoms with Crippen LogP contribution >= 0.6 is 0 Å². The van der Waals surface area contributed by atoms with Gasteiger partial charge < -0.3 is 45.2 Å². The van der Waals surface area contributed by atoms with Gasteiger partial charge in [0.05, 0.1) is 48.9 Å². The van der Waals surface area contributed by atoms with E-state index in [-0.39, 0.29) is 41.6 Å². The second kappa shape index (κ2) is 25.0. The van der Waals surface area contributed by atoms with Crippen molar-refractivity contribution in [1.29, 1.82) is 0 Å². The molecule has 19 heteroatoms. The Balaban J connectivity index is 1.46. The molecule has 0 bridgehead atoms. The Morgan fingerprint density at radius 3 is 2.13 bits per heavy atom. The van der Waals surface area contributed by atoms with Crippen LogP contribution in [0, 0.1) is 17.8 Å². The fourth-order valence-electron chi connectivity index (χ4n) is 9.11. The van der Waals surface area contributed by atoms with Crippen LogP contribution in [0.3, 0.4) is 0 Å². The Kier molecular flexibility index (Phi) is 19.9. The Bertz CT molecular complexity index is 2250. The number of hydrogen-bond acceptors (Lipinski definition) is 11. The van der Waals surface area contributed by atoms with Crippen LogP contribution in [0.1, 0.15) is 76.2 Å². The van der Waals surface area contributed by atoms with E-state index in [1.54, 1.807) is 57.0 Å². The third-order valence-electron chi connectivity index (χ3n) is 12.9. The molecule has 69 heavy (non-hydrogen) atoms. The molecule has 4 rings (SSSR count). The predicted molar refractivity (Wildman–Crippen MR) is 256 cm³/mol. The summed E-state index contributed by atoms with van der Waals surface area (Å²) in [4.78, 5) is 124. The minimum Gasteiger partial charge on any atom is -0.480 e. The zero-order chi connectivity index (χ0) is 51.3. The molecule has 19 nitrogen and oxygen atoms in total. The number of carboxylic acids is 1. The largest absolute Gasteiger partial charge is 0.480 e. The number of carbonyl (C=O) groups excluding carboxylic acids is 8. The van der Waals surface area contributed by atoms with Crippen molar-refractivity contribution >= 4 is 64.6 Å². The summed E-state index contributed by atoms with van der Waals surface area (Å²) >= 11 is 0. The Morgan fingerprint density at radius 2 is 1.57 bits per heavy atom. The fraction of sp³-hybridized carbons (Fsp3) is 0.500. The lowest BCUT2D eigenvalue weighted by atomic mass is 9.90. The van der Waals surface area contributed by atoms with E-state index in [1.165, 1.54) is 49.3 Å². The number of likely N-dealkylation sites (N-methyl/N-ethyl adjacent to an activating group) is 2. The molecular weight excluding hydrogens is 891 g/mol. The van der Waals surface area contributed by atoms with Gasteiger partial charge in [0.1, 0.15) is 12.1 Å². The summed E-state index contributed by atoms with van der Waals surface area (Å²) in [7, 11) is 5.88. The van der Waals surface area contributed by atoms with Crippen molar-refractivity contribution in [3.8, 4) is 0 Å². The summed E-state index contributed by atoms with van der Waals surface area (Å²) in [6, 6.07) is 9.53. The van der Waals surface area contributed by atoms with Crippen molar-refractivity contribution in [3.63, 3.8) is 0 Å². The monoisotopic (exact) mass is 957 g/mol. The lowest BCUT2D eigenvalue weighted by Gasteiger charge is -2.39. The van der Waals surface area contributed by atoms with Gasteiger partial charge in [-0.3, -0.25) is 38.4 Å². The lowest BCUT2D eigenvalue weighted by molar-refractivity contribution is -0.147. The van der Waals surface area contributed by atoms with Crippen LogP contribution in [0.2, 0.25) is 0 Å². The molecule has 0 aliphatic carbocycles. The highest BCUT2D eigenvalue weighted by molar-refractivity contribution is 6.28. The number of methoxy groups -OCH3 is 2. The average Bonchev–Trinajstić information content (AvgIpc) is 3.95. The molecule has 8 amide bonds. The molecule has 2 aliphatic heterocycles. The molecule has 0 spiro atoms. The number of aliphatic carboxylic acids is 1. The summed E-state index contributed by atoms with van der Waals surface area (Å²) in [5.74, 6) is -7.17. The van der Waals surface area contributed by atoms with E-state index in [2.05, 4.69) is 22.5 Å². The molecule has 1 saturated heterocycles. The number of anilines is 2.